The van der Waals surface area contributed by atoms with Crippen molar-refractivity contribution >= 4 is 5.95 Å². The van der Waals surface area contributed by atoms with E-state index in [1.807, 2.05) is 12.1 Å². The summed E-state index contributed by atoms with van der Waals surface area (Å²) in [6, 6.07) is 14.4. The van der Waals surface area contributed by atoms with Crippen LogP contribution >= 0.6 is 0 Å². The Morgan fingerprint density at radius 2 is 1.75 bits per heavy atom. The fourth-order valence-electron chi connectivity index (χ4n) is 2.09. The van der Waals surface area contributed by atoms with E-state index in [-0.39, 0.29) is 11.6 Å². The number of anilines is 1. The van der Waals surface area contributed by atoms with Crippen LogP contribution < -0.4 is 10.1 Å². The van der Waals surface area contributed by atoms with Gasteiger partial charge in [-0.15, -0.1) is 0 Å². The highest BCUT2D eigenvalue weighted by Gasteiger charge is 2.02. The van der Waals surface area contributed by atoms with Crippen LogP contribution in [0.2, 0.25) is 0 Å². The molecule has 0 saturated heterocycles. The minimum Gasteiger partial charge on any atom is -0.508 e. The molecule has 0 bridgehead atoms. The van der Waals surface area contributed by atoms with Crippen LogP contribution in [0.25, 0.3) is 0 Å². The number of hydrogen-bond acceptors (Lipinski definition) is 5. The van der Waals surface area contributed by atoms with E-state index >= 15 is 0 Å². The summed E-state index contributed by atoms with van der Waals surface area (Å²) in [6.45, 7) is 0.644. The standard InChI is InChI=1S/C18H16FN3O2/c19-14-3-7-16(8-4-14)24-17-10-12-21-18(22-17)20-11-9-13-1-5-15(23)6-2-13/h1-8,10,12,23H,9,11H2,(H,20,21,22). The summed E-state index contributed by atoms with van der Waals surface area (Å²) >= 11 is 0. The highest BCUT2D eigenvalue weighted by molar-refractivity contribution is 5.32. The van der Waals surface area contributed by atoms with Crippen molar-refractivity contribution in [3.63, 3.8) is 0 Å². The number of nitrogens with zero attached hydrogens (tertiary/aromatic N) is 2. The lowest BCUT2D eigenvalue weighted by atomic mass is 10.1. The van der Waals surface area contributed by atoms with Crippen molar-refractivity contribution in [1.82, 2.24) is 9.97 Å². The average Bonchev–Trinajstić information content (AvgIpc) is 2.59. The molecule has 1 heterocycles. The van der Waals surface area contributed by atoms with E-state index in [0.717, 1.165) is 12.0 Å². The molecule has 0 aliphatic carbocycles. The summed E-state index contributed by atoms with van der Waals surface area (Å²) in [6.07, 6.45) is 2.36. The smallest absolute Gasteiger partial charge is 0.225 e. The molecule has 5 nitrogen and oxygen atoms in total. The van der Waals surface area contributed by atoms with Gasteiger partial charge >= 0.3 is 0 Å². The second-order valence-corrected chi connectivity index (χ2v) is 5.12. The van der Waals surface area contributed by atoms with Gasteiger partial charge in [-0.2, -0.15) is 4.98 Å². The number of phenolic OH excluding ortho intramolecular Hbond substituents is 1. The number of phenols is 1. The van der Waals surface area contributed by atoms with Gasteiger partial charge in [-0.05, 0) is 48.4 Å². The first-order valence-corrected chi connectivity index (χ1v) is 7.47. The van der Waals surface area contributed by atoms with Crippen molar-refractivity contribution in [3.05, 3.63) is 72.2 Å². The molecule has 0 amide bonds. The van der Waals surface area contributed by atoms with Crippen molar-refractivity contribution in [2.45, 2.75) is 6.42 Å². The number of nitrogens with one attached hydrogen (secondary N) is 1. The topological polar surface area (TPSA) is 67.3 Å². The summed E-state index contributed by atoms with van der Waals surface area (Å²) < 4.78 is 18.5. The van der Waals surface area contributed by atoms with Crippen molar-refractivity contribution in [1.29, 1.82) is 0 Å². The van der Waals surface area contributed by atoms with Gasteiger partial charge in [0.1, 0.15) is 17.3 Å². The van der Waals surface area contributed by atoms with Gasteiger partial charge < -0.3 is 15.2 Å². The Balaban J connectivity index is 1.56. The Hall–Kier alpha value is -3.15. The van der Waals surface area contributed by atoms with E-state index < -0.39 is 0 Å². The van der Waals surface area contributed by atoms with Gasteiger partial charge in [0.05, 0.1) is 0 Å². The average molecular weight is 325 g/mol. The molecule has 0 unspecified atom stereocenters. The third kappa shape index (κ3) is 4.42. The third-order valence-electron chi connectivity index (χ3n) is 3.30. The minimum absolute atomic E-state index is 0.251. The summed E-state index contributed by atoms with van der Waals surface area (Å²) in [5.74, 6) is 1.27. The predicted molar refractivity (Wildman–Crippen MR) is 88.8 cm³/mol. The molecule has 3 aromatic rings. The van der Waals surface area contributed by atoms with Gasteiger partial charge in [-0.25, -0.2) is 9.37 Å². The van der Waals surface area contributed by atoms with E-state index in [9.17, 15) is 9.50 Å². The zero-order chi connectivity index (χ0) is 16.8. The maximum absolute atomic E-state index is 12.9. The molecular formula is C18H16FN3O2. The van der Waals surface area contributed by atoms with Crippen molar-refractivity contribution in [2.24, 2.45) is 0 Å². The maximum Gasteiger partial charge on any atom is 0.225 e. The highest BCUT2D eigenvalue weighted by Crippen LogP contribution is 2.20. The number of rotatable bonds is 6. The monoisotopic (exact) mass is 325 g/mol. The number of hydrogen-bond donors (Lipinski definition) is 2. The lowest BCUT2D eigenvalue weighted by molar-refractivity contribution is 0.460. The molecule has 2 aromatic carbocycles. The van der Waals surface area contributed by atoms with Crippen molar-refractivity contribution in [2.75, 3.05) is 11.9 Å². The van der Waals surface area contributed by atoms with Crippen LogP contribution in [0.1, 0.15) is 5.56 Å². The van der Waals surface area contributed by atoms with E-state index in [1.165, 1.54) is 24.3 Å². The predicted octanol–water partition coefficient (Wildman–Crippen LogP) is 3.77. The molecule has 0 aliphatic rings. The van der Waals surface area contributed by atoms with Crippen LogP contribution in [0.15, 0.2) is 60.8 Å². The summed E-state index contributed by atoms with van der Waals surface area (Å²) in [5.41, 5.74) is 1.10. The zero-order valence-electron chi connectivity index (χ0n) is 12.8. The summed E-state index contributed by atoms with van der Waals surface area (Å²) in [4.78, 5) is 8.40. The van der Waals surface area contributed by atoms with Crippen LogP contribution in [0.3, 0.4) is 0 Å². The molecule has 122 valence electrons. The molecule has 0 fully saturated rings. The zero-order valence-corrected chi connectivity index (χ0v) is 12.8. The molecule has 6 heteroatoms. The number of halogens is 1. The molecule has 2 N–H and O–H groups in total. The van der Waals surface area contributed by atoms with Crippen LogP contribution in [0.4, 0.5) is 10.3 Å². The molecule has 0 radical (unpaired) electrons. The van der Waals surface area contributed by atoms with Crippen LogP contribution in [0.5, 0.6) is 17.4 Å². The number of aromatic hydroxyl groups is 1. The Morgan fingerprint density at radius 1 is 1.00 bits per heavy atom. The molecule has 0 atom stereocenters. The Labute approximate surface area is 138 Å². The Kier molecular flexibility index (Phi) is 4.86. The molecular weight excluding hydrogens is 309 g/mol. The quantitative estimate of drug-likeness (QED) is 0.722. The molecule has 0 saturated carbocycles. The molecule has 1 aromatic heterocycles. The first kappa shape index (κ1) is 15.7. The SMILES string of the molecule is Oc1ccc(CCNc2nccc(Oc3ccc(F)cc3)n2)cc1. The van der Waals surface area contributed by atoms with Crippen LogP contribution in [-0.2, 0) is 6.42 Å². The summed E-state index contributed by atoms with van der Waals surface area (Å²) in [5, 5.41) is 12.4. The van der Waals surface area contributed by atoms with E-state index in [2.05, 4.69) is 15.3 Å². The van der Waals surface area contributed by atoms with Crippen LogP contribution in [0, 0.1) is 5.82 Å². The largest absolute Gasteiger partial charge is 0.508 e. The van der Waals surface area contributed by atoms with Gasteiger partial charge in [0.2, 0.25) is 11.8 Å². The first-order chi connectivity index (χ1) is 11.7. The second-order valence-electron chi connectivity index (χ2n) is 5.12. The van der Waals surface area contributed by atoms with Gasteiger partial charge in [-0.3, -0.25) is 0 Å². The number of aromatic nitrogens is 2. The number of benzene rings is 2. The van der Waals surface area contributed by atoms with Gasteiger partial charge in [0.25, 0.3) is 0 Å². The minimum atomic E-state index is -0.318. The highest BCUT2D eigenvalue weighted by atomic mass is 19.1. The van der Waals surface area contributed by atoms with Crippen molar-refractivity contribution in [3.8, 4) is 17.4 Å². The van der Waals surface area contributed by atoms with Gasteiger partial charge in [-0.1, -0.05) is 12.1 Å². The normalized spacial score (nSPS) is 10.4. The Morgan fingerprint density at radius 3 is 2.50 bits per heavy atom. The molecule has 3 rings (SSSR count). The molecule has 24 heavy (non-hydrogen) atoms. The van der Waals surface area contributed by atoms with Gasteiger partial charge in [0, 0.05) is 18.8 Å². The third-order valence-corrected chi connectivity index (χ3v) is 3.30. The fraction of sp³-hybridized carbons (Fsp3) is 0.111. The first-order valence-electron chi connectivity index (χ1n) is 7.47. The van der Waals surface area contributed by atoms with E-state index in [4.69, 9.17) is 4.74 Å². The molecule has 0 aliphatic heterocycles. The van der Waals surface area contributed by atoms with Crippen LogP contribution in [-0.4, -0.2) is 21.6 Å². The van der Waals surface area contributed by atoms with E-state index in [1.54, 1.807) is 24.4 Å². The van der Waals surface area contributed by atoms with E-state index in [0.29, 0.717) is 24.1 Å². The maximum atomic E-state index is 12.9. The second kappa shape index (κ2) is 7.41. The fourth-order valence-corrected chi connectivity index (χ4v) is 2.09. The lowest BCUT2D eigenvalue weighted by Gasteiger charge is -2.08. The number of ether oxygens (including phenoxy) is 1. The lowest BCUT2D eigenvalue weighted by Crippen LogP contribution is -2.08. The molecule has 0 spiro atoms. The Bertz CT molecular complexity index is 792. The van der Waals surface area contributed by atoms with Gasteiger partial charge in [0.15, 0.2) is 0 Å². The van der Waals surface area contributed by atoms with Crippen molar-refractivity contribution < 1.29 is 14.2 Å². The summed E-state index contributed by atoms with van der Waals surface area (Å²) in [7, 11) is 0.